The molecule has 0 spiro atoms. The Bertz CT molecular complexity index is 1220. The molecule has 166 valence electrons. The van der Waals surface area contributed by atoms with E-state index < -0.39 is 16.0 Å². The van der Waals surface area contributed by atoms with Crippen molar-refractivity contribution in [2.45, 2.75) is 11.8 Å². The Balaban J connectivity index is 1.62. The van der Waals surface area contributed by atoms with E-state index in [0.717, 1.165) is 5.56 Å². The van der Waals surface area contributed by atoms with Crippen molar-refractivity contribution in [3.05, 3.63) is 83.4 Å². The van der Waals surface area contributed by atoms with Crippen molar-refractivity contribution in [3.63, 3.8) is 0 Å². The van der Waals surface area contributed by atoms with Crippen LogP contribution in [0.1, 0.15) is 21.5 Å². The van der Waals surface area contributed by atoms with Crippen molar-refractivity contribution in [3.8, 4) is 17.2 Å². The van der Waals surface area contributed by atoms with E-state index in [1.54, 1.807) is 42.5 Å². The molecule has 0 saturated heterocycles. The lowest BCUT2D eigenvalue weighted by molar-refractivity contribution is 0.0954. The zero-order valence-corrected chi connectivity index (χ0v) is 18.5. The van der Waals surface area contributed by atoms with Gasteiger partial charge in [-0.2, -0.15) is 13.5 Å². The van der Waals surface area contributed by atoms with Crippen LogP contribution in [0.25, 0.3) is 0 Å². The molecule has 0 aliphatic rings. The molecule has 1 N–H and O–H groups in total. The smallest absolute Gasteiger partial charge is 0.339 e. The normalized spacial score (nSPS) is 11.2. The third-order valence-electron chi connectivity index (χ3n) is 4.42. The Hall–Kier alpha value is -3.85. The van der Waals surface area contributed by atoms with E-state index in [2.05, 4.69) is 10.5 Å². The first-order valence-electron chi connectivity index (χ1n) is 9.49. The summed E-state index contributed by atoms with van der Waals surface area (Å²) in [4.78, 5) is 12.3. The van der Waals surface area contributed by atoms with Crippen LogP contribution in [0.4, 0.5) is 0 Å². The number of hydrogen-bond donors (Lipinski definition) is 1. The maximum absolute atomic E-state index is 12.4. The number of carbonyl (C=O) groups excluding carboxylic acids is 1. The second-order valence-electron chi connectivity index (χ2n) is 6.69. The Labute approximate surface area is 186 Å². The summed E-state index contributed by atoms with van der Waals surface area (Å²) in [7, 11) is -0.929. The summed E-state index contributed by atoms with van der Waals surface area (Å²) in [5, 5.41) is 3.92. The molecule has 0 radical (unpaired) electrons. The largest absolute Gasteiger partial charge is 0.493 e. The van der Waals surface area contributed by atoms with E-state index in [9.17, 15) is 13.2 Å². The maximum atomic E-state index is 12.4. The van der Waals surface area contributed by atoms with E-state index in [-0.39, 0.29) is 10.6 Å². The predicted molar refractivity (Wildman–Crippen MR) is 120 cm³/mol. The fourth-order valence-corrected chi connectivity index (χ4v) is 3.63. The SMILES string of the molecule is COc1ccc(C(=O)N/N=C/c2ccc(OS(=O)(=O)c3ccc(C)cc3)cc2)cc1OC. The minimum atomic E-state index is -3.92. The van der Waals surface area contributed by atoms with Crippen molar-refractivity contribution in [2.24, 2.45) is 5.10 Å². The third-order valence-corrected chi connectivity index (χ3v) is 5.68. The van der Waals surface area contributed by atoms with Crippen LogP contribution in [0.3, 0.4) is 0 Å². The van der Waals surface area contributed by atoms with Crippen LogP contribution in [-0.4, -0.2) is 34.8 Å². The Kier molecular flexibility index (Phi) is 7.11. The van der Waals surface area contributed by atoms with Gasteiger partial charge in [-0.25, -0.2) is 5.43 Å². The van der Waals surface area contributed by atoms with Gasteiger partial charge in [0.1, 0.15) is 10.6 Å². The molecule has 0 aliphatic carbocycles. The molecule has 0 atom stereocenters. The van der Waals surface area contributed by atoms with Crippen molar-refractivity contribution in [2.75, 3.05) is 14.2 Å². The molecular formula is C23H22N2O6S. The number of methoxy groups -OCH3 is 2. The van der Waals surface area contributed by atoms with Crippen molar-refractivity contribution >= 4 is 22.2 Å². The monoisotopic (exact) mass is 454 g/mol. The van der Waals surface area contributed by atoms with Gasteiger partial charge in [-0.15, -0.1) is 0 Å². The molecule has 0 aliphatic heterocycles. The number of nitrogens with zero attached hydrogens (tertiary/aromatic N) is 1. The molecule has 32 heavy (non-hydrogen) atoms. The molecule has 0 unspecified atom stereocenters. The van der Waals surface area contributed by atoms with E-state index in [1.807, 2.05) is 6.92 Å². The summed E-state index contributed by atoms with van der Waals surface area (Å²) >= 11 is 0. The van der Waals surface area contributed by atoms with Crippen LogP contribution in [0, 0.1) is 6.92 Å². The van der Waals surface area contributed by atoms with Gasteiger partial charge in [-0.05, 0) is 67.1 Å². The molecule has 8 nitrogen and oxygen atoms in total. The minimum Gasteiger partial charge on any atom is -0.493 e. The van der Waals surface area contributed by atoms with Crippen molar-refractivity contribution < 1.29 is 26.9 Å². The standard InChI is InChI=1S/C23H22N2O6S/c1-16-4-11-20(12-5-16)32(27,28)31-19-9-6-17(7-10-19)15-24-25-23(26)18-8-13-21(29-2)22(14-18)30-3/h4-15H,1-3H3,(H,25,26)/b24-15+. The maximum Gasteiger partial charge on any atom is 0.339 e. The highest BCUT2D eigenvalue weighted by Gasteiger charge is 2.16. The van der Waals surface area contributed by atoms with Crippen molar-refractivity contribution in [1.82, 2.24) is 5.43 Å². The molecule has 0 heterocycles. The molecule has 0 saturated carbocycles. The number of benzene rings is 3. The molecule has 0 bridgehead atoms. The van der Waals surface area contributed by atoms with E-state index in [0.29, 0.717) is 22.6 Å². The number of ether oxygens (including phenoxy) is 2. The predicted octanol–water partition coefficient (Wildman–Crippen LogP) is 3.54. The molecule has 0 fully saturated rings. The molecular weight excluding hydrogens is 432 g/mol. The van der Waals surface area contributed by atoms with Crippen LogP contribution in [0.15, 0.2) is 76.7 Å². The summed E-state index contributed by atoms with van der Waals surface area (Å²) in [6, 6.07) is 17.4. The summed E-state index contributed by atoms with van der Waals surface area (Å²) < 4.78 is 40.2. The van der Waals surface area contributed by atoms with Crippen LogP contribution in [0.2, 0.25) is 0 Å². The number of nitrogens with one attached hydrogen (secondary N) is 1. The number of hydrazone groups is 1. The number of amides is 1. The zero-order valence-electron chi connectivity index (χ0n) is 17.7. The Morgan fingerprint density at radius 2 is 1.56 bits per heavy atom. The highest BCUT2D eigenvalue weighted by Crippen LogP contribution is 2.27. The van der Waals surface area contributed by atoms with Gasteiger partial charge in [0.2, 0.25) is 0 Å². The van der Waals surface area contributed by atoms with Gasteiger partial charge < -0.3 is 13.7 Å². The van der Waals surface area contributed by atoms with Gasteiger partial charge in [-0.3, -0.25) is 4.79 Å². The summed E-state index contributed by atoms with van der Waals surface area (Å²) in [6.45, 7) is 1.87. The van der Waals surface area contributed by atoms with Gasteiger partial charge in [-0.1, -0.05) is 17.7 Å². The summed E-state index contributed by atoms with van der Waals surface area (Å²) in [5.41, 5.74) is 4.36. The Morgan fingerprint density at radius 3 is 2.19 bits per heavy atom. The lowest BCUT2D eigenvalue weighted by atomic mass is 10.2. The van der Waals surface area contributed by atoms with E-state index in [1.165, 1.54) is 44.7 Å². The second-order valence-corrected chi connectivity index (χ2v) is 8.23. The average molecular weight is 455 g/mol. The van der Waals surface area contributed by atoms with Crippen LogP contribution < -0.4 is 19.1 Å². The van der Waals surface area contributed by atoms with Gasteiger partial charge in [0.05, 0.1) is 20.4 Å². The average Bonchev–Trinajstić information content (AvgIpc) is 2.79. The van der Waals surface area contributed by atoms with Crippen LogP contribution in [0.5, 0.6) is 17.2 Å². The number of aryl methyl sites for hydroxylation is 1. The molecule has 1 amide bonds. The summed E-state index contributed by atoms with van der Waals surface area (Å²) in [6.07, 6.45) is 1.43. The van der Waals surface area contributed by atoms with Crippen LogP contribution >= 0.6 is 0 Å². The molecule has 0 aromatic heterocycles. The highest BCUT2D eigenvalue weighted by molar-refractivity contribution is 7.87. The second kappa shape index (κ2) is 9.97. The first-order valence-corrected chi connectivity index (χ1v) is 10.9. The quantitative estimate of drug-likeness (QED) is 0.317. The topological polar surface area (TPSA) is 103 Å². The number of hydrogen-bond acceptors (Lipinski definition) is 7. The highest BCUT2D eigenvalue weighted by atomic mass is 32.2. The lowest BCUT2D eigenvalue weighted by Gasteiger charge is -2.08. The first-order chi connectivity index (χ1) is 15.3. The lowest BCUT2D eigenvalue weighted by Crippen LogP contribution is -2.17. The third kappa shape index (κ3) is 5.64. The van der Waals surface area contributed by atoms with Crippen molar-refractivity contribution in [1.29, 1.82) is 0 Å². The fourth-order valence-electron chi connectivity index (χ4n) is 2.70. The molecule has 3 aromatic rings. The molecule has 3 aromatic carbocycles. The van der Waals surface area contributed by atoms with Crippen LogP contribution in [-0.2, 0) is 10.1 Å². The van der Waals surface area contributed by atoms with E-state index in [4.69, 9.17) is 13.7 Å². The molecule has 9 heteroatoms. The Morgan fingerprint density at radius 1 is 0.906 bits per heavy atom. The minimum absolute atomic E-state index is 0.0756. The van der Waals surface area contributed by atoms with Gasteiger partial charge in [0, 0.05) is 5.56 Å². The number of rotatable bonds is 8. The van der Waals surface area contributed by atoms with Gasteiger partial charge >= 0.3 is 10.1 Å². The van der Waals surface area contributed by atoms with Gasteiger partial charge in [0.25, 0.3) is 5.91 Å². The summed E-state index contributed by atoms with van der Waals surface area (Å²) in [5.74, 6) is 0.683. The first kappa shape index (κ1) is 22.8. The zero-order chi connectivity index (χ0) is 23.1. The molecule has 3 rings (SSSR count). The van der Waals surface area contributed by atoms with Gasteiger partial charge in [0.15, 0.2) is 11.5 Å². The number of carbonyl (C=O) groups is 1. The van der Waals surface area contributed by atoms with E-state index >= 15 is 0 Å². The fraction of sp³-hybridized carbons (Fsp3) is 0.130.